The van der Waals surface area contributed by atoms with Gasteiger partial charge < -0.3 is 20.5 Å². The molecular weight excluding hydrogens is 422 g/mol. The van der Waals surface area contributed by atoms with Crippen LogP contribution < -0.4 is 10.6 Å². The summed E-state index contributed by atoms with van der Waals surface area (Å²) < 4.78 is 0. The van der Waals surface area contributed by atoms with Crippen LogP contribution in [0, 0.1) is 0 Å². The van der Waals surface area contributed by atoms with Gasteiger partial charge >= 0.3 is 0 Å². The fourth-order valence-electron chi connectivity index (χ4n) is 4.55. The number of benzene rings is 2. The molecule has 0 spiro atoms. The van der Waals surface area contributed by atoms with Gasteiger partial charge in [-0.05, 0) is 55.3 Å². The van der Waals surface area contributed by atoms with Gasteiger partial charge in [-0.1, -0.05) is 30.7 Å². The third-order valence-corrected chi connectivity index (χ3v) is 6.54. The summed E-state index contributed by atoms with van der Waals surface area (Å²) in [5.74, 6) is 0.519. The van der Waals surface area contributed by atoms with Crippen LogP contribution >= 0.6 is 11.6 Å². The Morgan fingerprint density at radius 3 is 2.66 bits per heavy atom. The molecule has 6 nitrogen and oxygen atoms in total. The molecule has 5 rings (SSSR count). The molecular formula is C25H26ClN5O. The van der Waals surface area contributed by atoms with E-state index >= 15 is 0 Å². The topological polar surface area (TPSA) is 73.0 Å². The lowest BCUT2D eigenvalue weighted by Gasteiger charge is -2.32. The Kier molecular flexibility index (Phi) is 5.72. The molecule has 1 aromatic heterocycles. The van der Waals surface area contributed by atoms with Crippen LogP contribution in [0.25, 0.3) is 11.1 Å². The minimum Gasteiger partial charge on any atom is -0.382 e. The third kappa shape index (κ3) is 4.04. The van der Waals surface area contributed by atoms with Gasteiger partial charge in [0, 0.05) is 59.1 Å². The van der Waals surface area contributed by atoms with Gasteiger partial charge in [0.1, 0.15) is 5.82 Å². The van der Waals surface area contributed by atoms with Crippen LogP contribution in [0.4, 0.5) is 11.4 Å². The molecule has 0 bridgehead atoms. The number of nitrogens with one attached hydrogen (secondary N) is 3. The first-order chi connectivity index (χ1) is 15.6. The highest BCUT2D eigenvalue weighted by Gasteiger charge is 2.30. The van der Waals surface area contributed by atoms with Crippen LogP contribution in [0.15, 0.2) is 54.9 Å². The fourth-order valence-corrected chi connectivity index (χ4v) is 4.68. The first-order valence-electron chi connectivity index (χ1n) is 11.1. The molecule has 1 saturated heterocycles. The van der Waals surface area contributed by atoms with Crippen LogP contribution in [0.1, 0.15) is 36.7 Å². The maximum atomic E-state index is 13.1. The normalized spacial score (nSPS) is 18.4. The number of imidazole rings is 1. The average Bonchev–Trinajstić information content (AvgIpc) is 3.44. The number of H-pyrrole nitrogens is 1. The second-order valence-corrected chi connectivity index (χ2v) is 8.70. The van der Waals surface area contributed by atoms with Gasteiger partial charge in [0.05, 0.1) is 5.57 Å². The molecule has 0 unspecified atom stereocenters. The molecule has 0 saturated carbocycles. The van der Waals surface area contributed by atoms with E-state index in [0.29, 0.717) is 22.5 Å². The van der Waals surface area contributed by atoms with Crippen LogP contribution in [-0.2, 0) is 4.79 Å². The summed E-state index contributed by atoms with van der Waals surface area (Å²) in [6, 6.07) is 14.0. The largest absolute Gasteiger partial charge is 0.382 e. The Labute approximate surface area is 192 Å². The Morgan fingerprint density at radius 2 is 1.97 bits per heavy atom. The molecule has 2 aliphatic heterocycles. The van der Waals surface area contributed by atoms with E-state index in [1.165, 1.54) is 0 Å². The lowest BCUT2D eigenvalue weighted by atomic mass is 9.94. The standard InChI is InChI=1S/C25H26ClN5O/c1-2-31-13-9-18(10-14-31)29-19-7-8-21-20(15-19)23(25(32)30-21)22(24-27-11-12-28-24)16-3-5-17(26)6-4-16/h3-8,11-12,15,18,29H,2,9-10,13-14H2,1H3,(H,27,28)(H,30,32)/b23-22-. The van der Waals surface area contributed by atoms with Crippen molar-refractivity contribution >= 4 is 40.0 Å². The number of carbonyl (C=O) groups is 1. The fraction of sp³-hybridized carbons (Fsp3) is 0.280. The minimum atomic E-state index is -0.130. The molecule has 0 radical (unpaired) electrons. The SMILES string of the molecule is CCN1CCC(Nc2ccc3c(c2)/C(=C(\c2ccc(Cl)cc2)c2ncc[nH]2)C(=O)N3)CC1. The van der Waals surface area contributed by atoms with Crippen molar-refractivity contribution in [3.63, 3.8) is 0 Å². The number of carbonyl (C=O) groups excluding carboxylic acids is 1. The van der Waals surface area contributed by atoms with E-state index in [0.717, 1.165) is 60.6 Å². The summed E-state index contributed by atoms with van der Waals surface area (Å²) in [5.41, 5.74) is 4.98. The van der Waals surface area contributed by atoms with Crippen LogP contribution in [-0.4, -0.2) is 46.5 Å². The van der Waals surface area contributed by atoms with Crippen molar-refractivity contribution in [3.8, 4) is 0 Å². The summed E-state index contributed by atoms with van der Waals surface area (Å²) in [7, 11) is 0. The summed E-state index contributed by atoms with van der Waals surface area (Å²) in [6.07, 6.45) is 5.70. The predicted molar refractivity (Wildman–Crippen MR) is 130 cm³/mol. The smallest absolute Gasteiger partial charge is 0.257 e. The van der Waals surface area contributed by atoms with E-state index in [1.807, 2.05) is 36.4 Å². The zero-order valence-corrected chi connectivity index (χ0v) is 18.7. The van der Waals surface area contributed by atoms with Crippen molar-refractivity contribution in [3.05, 3.63) is 76.8 Å². The van der Waals surface area contributed by atoms with Gasteiger partial charge in [0.15, 0.2) is 0 Å². The van der Waals surface area contributed by atoms with E-state index < -0.39 is 0 Å². The van der Waals surface area contributed by atoms with Crippen LogP contribution in [0.5, 0.6) is 0 Å². The molecule has 32 heavy (non-hydrogen) atoms. The number of amides is 1. The third-order valence-electron chi connectivity index (χ3n) is 6.29. The molecule has 3 heterocycles. The number of nitrogens with zero attached hydrogens (tertiary/aromatic N) is 2. The zero-order valence-electron chi connectivity index (χ0n) is 18.0. The van der Waals surface area contributed by atoms with Gasteiger partial charge in [0.2, 0.25) is 0 Å². The van der Waals surface area contributed by atoms with E-state index in [1.54, 1.807) is 12.4 Å². The van der Waals surface area contributed by atoms with Crippen molar-refractivity contribution < 1.29 is 4.79 Å². The number of rotatable bonds is 5. The lowest BCUT2D eigenvalue weighted by Crippen LogP contribution is -2.38. The Balaban J connectivity index is 1.54. The number of fused-ring (bicyclic) bond motifs is 1. The second-order valence-electron chi connectivity index (χ2n) is 8.26. The number of anilines is 2. The van der Waals surface area contributed by atoms with Crippen LogP contribution in [0.2, 0.25) is 5.02 Å². The second kappa shape index (κ2) is 8.81. The van der Waals surface area contributed by atoms with Gasteiger partial charge in [-0.25, -0.2) is 4.98 Å². The molecule has 0 atom stereocenters. The summed E-state index contributed by atoms with van der Waals surface area (Å²) in [5, 5.41) is 7.35. The minimum absolute atomic E-state index is 0.130. The summed E-state index contributed by atoms with van der Waals surface area (Å²) in [4.78, 5) is 23.2. The van der Waals surface area contributed by atoms with Crippen LogP contribution in [0.3, 0.4) is 0 Å². The molecule has 3 N–H and O–H groups in total. The van der Waals surface area contributed by atoms with Gasteiger partial charge in [-0.3, -0.25) is 4.79 Å². The maximum Gasteiger partial charge on any atom is 0.257 e. The molecule has 1 fully saturated rings. The number of piperidine rings is 1. The van der Waals surface area contributed by atoms with Crippen molar-refractivity contribution in [2.45, 2.75) is 25.8 Å². The predicted octanol–water partition coefficient (Wildman–Crippen LogP) is 4.87. The lowest BCUT2D eigenvalue weighted by molar-refractivity contribution is -0.110. The van der Waals surface area contributed by atoms with Crippen molar-refractivity contribution in [1.29, 1.82) is 0 Å². The number of halogens is 1. The van der Waals surface area contributed by atoms with E-state index in [9.17, 15) is 4.79 Å². The highest BCUT2D eigenvalue weighted by Crippen LogP contribution is 2.40. The first-order valence-corrected chi connectivity index (χ1v) is 11.4. The van der Waals surface area contributed by atoms with E-state index in [2.05, 4.69) is 38.5 Å². The van der Waals surface area contributed by atoms with Gasteiger partial charge in [-0.2, -0.15) is 0 Å². The first kappa shape index (κ1) is 20.8. The Hall–Kier alpha value is -3.09. The molecule has 0 aliphatic carbocycles. The number of aromatic nitrogens is 2. The Morgan fingerprint density at radius 1 is 1.19 bits per heavy atom. The number of likely N-dealkylation sites (tertiary alicyclic amines) is 1. The maximum absolute atomic E-state index is 13.1. The number of hydrogen-bond acceptors (Lipinski definition) is 4. The Bertz CT molecular complexity index is 1150. The zero-order chi connectivity index (χ0) is 22.1. The molecule has 164 valence electrons. The molecule has 2 aliphatic rings. The van der Waals surface area contributed by atoms with Gasteiger partial charge in [0.25, 0.3) is 5.91 Å². The molecule has 1 amide bonds. The average molecular weight is 448 g/mol. The van der Waals surface area contributed by atoms with E-state index in [4.69, 9.17) is 11.6 Å². The monoisotopic (exact) mass is 447 g/mol. The van der Waals surface area contributed by atoms with Crippen molar-refractivity contribution in [2.24, 2.45) is 0 Å². The van der Waals surface area contributed by atoms with Gasteiger partial charge in [-0.15, -0.1) is 0 Å². The molecule has 3 aromatic rings. The highest BCUT2D eigenvalue weighted by atomic mass is 35.5. The molecule has 2 aromatic carbocycles. The number of hydrogen-bond donors (Lipinski definition) is 3. The van der Waals surface area contributed by atoms with E-state index in [-0.39, 0.29) is 5.91 Å². The highest BCUT2D eigenvalue weighted by molar-refractivity contribution is 6.38. The summed E-state index contributed by atoms with van der Waals surface area (Å²) >= 11 is 6.11. The van der Waals surface area contributed by atoms with Crippen molar-refractivity contribution in [1.82, 2.24) is 14.9 Å². The molecule has 7 heteroatoms. The summed E-state index contributed by atoms with van der Waals surface area (Å²) in [6.45, 7) is 5.55. The quantitative estimate of drug-likeness (QED) is 0.488. The van der Waals surface area contributed by atoms with Crippen molar-refractivity contribution in [2.75, 3.05) is 30.3 Å². The number of aromatic amines is 1.